The number of piperazine rings is 1. The lowest BCUT2D eigenvalue weighted by Crippen LogP contribution is -2.49. The van der Waals surface area contributed by atoms with Gasteiger partial charge in [0.05, 0.1) is 13.2 Å². The van der Waals surface area contributed by atoms with E-state index in [4.69, 9.17) is 16.3 Å². The summed E-state index contributed by atoms with van der Waals surface area (Å²) < 4.78 is 5.58. The summed E-state index contributed by atoms with van der Waals surface area (Å²) in [5.41, 5.74) is 3.61. The fourth-order valence-electron chi connectivity index (χ4n) is 3.80. The van der Waals surface area contributed by atoms with Crippen molar-refractivity contribution in [3.05, 3.63) is 64.2 Å². The van der Waals surface area contributed by atoms with Crippen LogP contribution in [0.1, 0.15) is 16.7 Å². The third-order valence-electron chi connectivity index (χ3n) is 5.43. The molecule has 4 rings (SSSR count). The molecule has 0 aromatic heterocycles. The van der Waals surface area contributed by atoms with Crippen molar-refractivity contribution in [1.29, 1.82) is 0 Å². The SMILES string of the molecule is O=C(CN1CCN(Cc2ccc3c(c2)CCO3)CC1)NCc1ccccc1Cl. The molecule has 2 aromatic carbocycles. The minimum absolute atomic E-state index is 0.0481. The summed E-state index contributed by atoms with van der Waals surface area (Å²) in [5, 5.41) is 3.66. The molecular weight excluding hydrogens is 374 g/mol. The van der Waals surface area contributed by atoms with Crippen molar-refractivity contribution in [2.24, 2.45) is 0 Å². The Labute approximate surface area is 171 Å². The Kier molecular flexibility index (Phi) is 6.15. The van der Waals surface area contributed by atoms with Gasteiger partial charge in [0, 0.05) is 50.7 Å². The average molecular weight is 400 g/mol. The number of fused-ring (bicyclic) bond motifs is 1. The van der Waals surface area contributed by atoms with E-state index in [9.17, 15) is 4.79 Å². The average Bonchev–Trinajstić information content (AvgIpc) is 3.17. The lowest BCUT2D eigenvalue weighted by molar-refractivity contribution is -0.122. The summed E-state index contributed by atoms with van der Waals surface area (Å²) in [4.78, 5) is 16.9. The van der Waals surface area contributed by atoms with Gasteiger partial charge in [0.2, 0.25) is 5.91 Å². The molecule has 2 aliphatic rings. The van der Waals surface area contributed by atoms with Crippen molar-refractivity contribution in [2.75, 3.05) is 39.3 Å². The van der Waals surface area contributed by atoms with Crippen molar-refractivity contribution in [2.45, 2.75) is 19.5 Å². The highest BCUT2D eigenvalue weighted by Gasteiger charge is 2.20. The molecule has 5 nitrogen and oxygen atoms in total. The van der Waals surface area contributed by atoms with Gasteiger partial charge in [-0.2, -0.15) is 0 Å². The quantitative estimate of drug-likeness (QED) is 0.811. The minimum atomic E-state index is 0.0481. The second kappa shape index (κ2) is 8.95. The lowest BCUT2D eigenvalue weighted by Gasteiger charge is -2.34. The fourth-order valence-corrected chi connectivity index (χ4v) is 4.00. The van der Waals surface area contributed by atoms with Crippen LogP contribution in [0.15, 0.2) is 42.5 Å². The molecule has 2 aromatic rings. The van der Waals surface area contributed by atoms with Gasteiger partial charge in [-0.3, -0.25) is 14.6 Å². The van der Waals surface area contributed by atoms with Crippen LogP contribution in [0, 0.1) is 0 Å². The molecule has 0 aliphatic carbocycles. The Balaban J connectivity index is 1.20. The van der Waals surface area contributed by atoms with Gasteiger partial charge >= 0.3 is 0 Å². The van der Waals surface area contributed by atoms with E-state index in [1.165, 1.54) is 11.1 Å². The van der Waals surface area contributed by atoms with E-state index in [1.54, 1.807) is 0 Å². The van der Waals surface area contributed by atoms with Crippen LogP contribution in [-0.4, -0.2) is 55.0 Å². The molecular formula is C22H26ClN3O2. The van der Waals surface area contributed by atoms with Gasteiger partial charge in [-0.25, -0.2) is 0 Å². The van der Waals surface area contributed by atoms with Gasteiger partial charge in [-0.1, -0.05) is 41.9 Å². The van der Waals surface area contributed by atoms with Crippen LogP contribution < -0.4 is 10.1 Å². The van der Waals surface area contributed by atoms with E-state index in [2.05, 4.69) is 33.3 Å². The normalized spacial score (nSPS) is 17.2. The van der Waals surface area contributed by atoms with Gasteiger partial charge in [-0.15, -0.1) is 0 Å². The molecule has 2 aliphatic heterocycles. The number of carbonyl (C=O) groups is 1. The first-order valence-corrected chi connectivity index (χ1v) is 10.2. The molecule has 1 amide bonds. The highest BCUT2D eigenvalue weighted by molar-refractivity contribution is 6.31. The first-order chi connectivity index (χ1) is 13.7. The van der Waals surface area contributed by atoms with Crippen molar-refractivity contribution in [3.8, 4) is 5.75 Å². The molecule has 0 spiro atoms. The molecule has 1 N–H and O–H groups in total. The number of halogens is 1. The number of hydrogen-bond acceptors (Lipinski definition) is 4. The maximum Gasteiger partial charge on any atom is 0.234 e. The van der Waals surface area contributed by atoms with Crippen LogP contribution in [0.3, 0.4) is 0 Å². The van der Waals surface area contributed by atoms with Crippen LogP contribution >= 0.6 is 11.6 Å². The Hall–Kier alpha value is -2.08. The van der Waals surface area contributed by atoms with E-state index in [-0.39, 0.29) is 5.91 Å². The summed E-state index contributed by atoms with van der Waals surface area (Å²) in [6, 6.07) is 14.1. The topological polar surface area (TPSA) is 44.8 Å². The number of carbonyl (C=O) groups excluding carboxylic acids is 1. The number of benzene rings is 2. The van der Waals surface area contributed by atoms with Gasteiger partial charge in [-0.05, 0) is 28.8 Å². The molecule has 0 atom stereocenters. The number of amides is 1. The summed E-state index contributed by atoms with van der Waals surface area (Å²) in [6.07, 6.45) is 1.01. The largest absolute Gasteiger partial charge is 0.493 e. The second-order valence-electron chi connectivity index (χ2n) is 7.46. The highest BCUT2D eigenvalue weighted by Crippen LogP contribution is 2.26. The standard InChI is InChI=1S/C22H26ClN3O2/c23-20-4-2-1-3-19(20)14-24-22(27)16-26-10-8-25(9-11-26)15-17-5-6-21-18(13-17)7-12-28-21/h1-6,13H,7-12,14-16H2,(H,24,27). The third kappa shape index (κ3) is 4.85. The predicted octanol–water partition coefficient (Wildman–Crippen LogP) is 2.71. The van der Waals surface area contributed by atoms with Crippen LogP contribution in [0.2, 0.25) is 5.02 Å². The molecule has 0 saturated carbocycles. The number of ether oxygens (including phenoxy) is 1. The first kappa shape index (κ1) is 19.2. The highest BCUT2D eigenvalue weighted by atomic mass is 35.5. The summed E-state index contributed by atoms with van der Waals surface area (Å²) in [6.45, 7) is 6.45. The van der Waals surface area contributed by atoms with Gasteiger partial charge in [0.15, 0.2) is 0 Å². The Bertz CT molecular complexity index is 834. The van der Waals surface area contributed by atoms with Crippen molar-refractivity contribution in [1.82, 2.24) is 15.1 Å². The number of rotatable bonds is 6. The van der Waals surface area contributed by atoms with E-state index < -0.39 is 0 Å². The van der Waals surface area contributed by atoms with Gasteiger partial charge in [0.25, 0.3) is 0 Å². The van der Waals surface area contributed by atoms with E-state index in [0.717, 1.165) is 57.1 Å². The van der Waals surface area contributed by atoms with Crippen LogP contribution in [0.5, 0.6) is 5.75 Å². The predicted molar refractivity (Wildman–Crippen MR) is 111 cm³/mol. The minimum Gasteiger partial charge on any atom is -0.493 e. The third-order valence-corrected chi connectivity index (χ3v) is 5.79. The second-order valence-corrected chi connectivity index (χ2v) is 7.87. The van der Waals surface area contributed by atoms with Crippen LogP contribution in [0.25, 0.3) is 0 Å². The van der Waals surface area contributed by atoms with Crippen molar-refractivity contribution < 1.29 is 9.53 Å². The monoisotopic (exact) mass is 399 g/mol. The van der Waals surface area contributed by atoms with Crippen LogP contribution in [-0.2, 0) is 24.3 Å². The molecule has 1 saturated heterocycles. The van der Waals surface area contributed by atoms with Crippen molar-refractivity contribution in [3.63, 3.8) is 0 Å². The van der Waals surface area contributed by atoms with E-state index in [0.29, 0.717) is 18.1 Å². The molecule has 1 fully saturated rings. The maximum atomic E-state index is 12.3. The molecule has 0 bridgehead atoms. The molecule has 6 heteroatoms. The number of nitrogens with zero attached hydrogens (tertiary/aromatic N) is 2. The Morgan fingerprint density at radius 3 is 2.68 bits per heavy atom. The van der Waals surface area contributed by atoms with Gasteiger partial charge in [0.1, 0.15) is 5.75 Å². The molecule has 0 unspecified atom stereocenters. The lowest BCUT2D eigenvalue weighted by atomic mass is 10.1. The molecule has 2 heterocycles. The zero-order chi connectivity index (χ0) is 19.3. The van der Waals surface area contributed by atoms with E-state index >= 15 is 0 Å². The Morgan fingerprint density at radius 1 is 1.07 bits per heavy atom. The van der Waals surface area contributed by atoms with Gasteiger partial charge < -0.3 is 10.1 Å². The summed E-state index contributed by atoms with van der Waals surface area (Å²) in [7, 11) is 0. The fraction of sp³-hybridized carbons (Fsp3) is 0.409. The smallest absolute Gasteiger partial charge is 0.234 e. The Morgan fingerprint density at radius 2 is 1.86 bits per heavy atom. The molecule has 0 radical (unpaired) electrons. The maximum absolute atomic E-state index is 12.3. The summed E-state index contributed by atoms with van der Waals surface area (Å²) >= 11 is 6.14. The van der Waals surface area contributed by atoms with E-state index in [1.807, 2.05) is 24.3 Å². The van der Waals surface area contributed by atoms with Crippen molar-refractivity contribution >= 4 is 17.5 Å². The molecule has 148 valence electrons. The first-order valence-electron chi connectivity index (χ1n) is 9.87. The summed E-state index contributed by atoms with van der Waals surface area (Å²) in [5.74, 6) is 1.09. The molecule has 28 heavy (non-hydrogen) atoms. The van der Waals surface area contributed by atoms with Crippen LogP contribution in [0.4, 0.5) is 0 Å². The number of hydrogen-bond donors (Lipinski definition) is 1. The zero-order valence-electron chi connectivity index (χ0n) is 16.0. The zero-order valence-corrected chi connectivity index (χ0v) is 16.8. The number of nitrogens with one attached hydrogen (secondary N) is 1.